The molecule has 0 amide bonds. The van der Waals surface area contributed by atoms with Crippen molar-refractivity contribution in [3.63, 3.8) is 0 Å². The summed E-state index contributed by atoms with van der Waals surface area (Å²) in [7, 11) is 1.29. The molecule has 0 radical (unpaired) electrons. The number of ether oxygens (including phenoxy) is 1. The maximum Gasteiger partial charge on any atom is 0.315 e. The van der Waals surface area contributed by atoms with E-state index in [1.807, 2.05) is 12.1 Å². The number of ketones is 1. The number of hydrogen-bond acceptors (Lipinski definition) is 5. The van der Waals surface area contributed by atoms with Crippen molar-refractivity contribution in [1.29, 1.82) is 0 Å². The number of phenolic OH excluding ortho intramolecular Hbond substituents is 1. The van der Waals surface area contributed by atoms with Gasteiger partial charge in [-0.3, -0.25) is 14.9 Å². The molecule has 0 saturated heterocycles. The van der Waals surface area contributed by atoms with Crippen LogP contribution in [0.3, 0.4) is 0 Å². The van der Waals surface area contributed by atoms with Gasteiger partial charge in [0.15, 0.2) is 11.5 Å². The van der Waals surface area contributed by atoms with E-state index >= 15 is 0 Å². The van der Waals surface area contributed by atoms with Crippen LogP contribution >= 0.6 is 22.6 Å². The second-order valence-electron chi connectivity index (χ2n) is 4.55. The number of halogens is 1. The lowest BCUT2D eigenvalue weighted by Gasteiger charge is -2.05. The Balaban J connectivity index is 2.32. The van der Waals surface area contributed by atoms with Crippen LogP contribution in [0.1, 0.15) is 15.9 Å². The third-order valence-corrected chi connectivity index (χ3v) is 3.77. The summed E-state index contributed by atoms with van der Waals surface area (Å²) < 4.78 is 5.92. The zero-order valence-corrected chi connectivity index (χ0v) is 14.2. The van der Waals surface area contributed by atoms with Gasteiger partial charge >= 0.3 is 5.69 Å². The number of rotatable bonds is 5. The predicted molar refractivity (Wildman–Crippen MR) is 93.8 cm³/mol. The lowest BCUT2D eigenvalue weighted by Crippen LogP contribution is -1.95. The number of methoxy groups -OCH3 is 1. The van der Waals surface area contributed by atoms with Gasteiger partial charge in [-0.25, -0.2) is 0 Å². The molecular formula is C16H12INO5. The first-order valence-corrected chi connectivity index (χ1v) is 7.53. The smallest absolute Gasteiger partial charge is 0.315 e. The molecule has 0 aliphatic rings. The summed E-state index contributed by atoms with van der Waals surface area (Å²) in [5.74, 6) is -0.796. The molecule has 0 bridgehead atoms. The van der Waals surface area contributed by atoms with Gasteiger partial charge in [-0.2, -0.15) is 0 Å². The molecule has 7 heteroatoms. The van der Waals surface area contributed by atoms with Gasteiger partial charge in [0, 0.05) is 15.2 Å². The number of nitrogens with zero attached hydrogens (tertiary/aromatic N) is 1. The molecule has 0 aromatic heterocycles. The molecule has 0 unspecified atom stereocenters. The van der Waals surface area contributed by atoms with Crippen LogP contribution in [0.15, 0.2) is 42.5 Å². The first-order chi connectivity index (χ1) is 10.9. The highest BCUT2D eigenvalue weighted by Gasteiger charge is 2.19. The molecular weight excluding hydrogens is 413 g/mol. The van der Waals surface area contributed by atoms with Gasteiger partial charge in [0.25, 0.3) is 0 Å². The van der Waals surface area contributed by atoms with Crippen molar-refractivity contribution in [2.45, 2.75) is 0 Å². The minimum Gasteiger partial charge on any atom is -0.500 e. The topological polar surface area (TPSA) is 89.7 Å². The normalized spacial score (nSPS) is 10.7. The molecule has 1 N–H and O–H groups in total. The van der Waals surface area contributed by atoms with E-state index in [1.54, 1.807) is 12.1 Å². The van der Waals surface area contributed by atoms with Crippen LogP contribution in [0.5, 0.6) is 11.5 Å². The number of hydrogen-bond donors (Lipinski definition) is 1. The molecule has 0 saturated carbocycles. The minimum atomic E-state index is -0.712. The molecule has 118 valence electrons. The summed E-state index contributed by atoms with van der Waals surface area (Å²) >= 11 is 2.14. The molecule has 0 spiro atoms. The number of aromatic hydroxyl groups is 1. The van der Waals surface area contributed by atoms with E-state index in [4.69, 9.17) is 4.74 Å². The lowest BCUT2D eigenvalue weighted by molar-refractivity contribution is -0.386. The van der Waals surface area contributed by atoms with E-state index in [1.165, 1.54) is 31.4 Å². The van der Waals surface area contributed by atoms with E-state index in [-0.39, 0.29) is 11.5 Å². The van der Waals surface area contributed by atoms with Crippen LogP contribution in [0.25, 0.3) is 6.08 Å². The minimum absolute atomic E-state index is 0.0273. The van der Waals surface area contributed by atoms with Gasteiger partial charge in [-0.1, -0.05) is 18.2 Å². The molecule has 2 rings (SSSR count). The summed E-state index contributed by atoms with van der Waals surface area (Å²) in [6.45, 7) is 0. The lowest BCUT2D eigenvalue weighted by atomic mass is 10.1. The Hall–Kier alpha value is -2.42. The molecule has 6 nitrogen and oxygen atoms in total. The van der Waals surface area contributed by atoms with Crippen molar-refractivity contribution in [3.05, 3.63) is 67.3 Å². The Bertz CT molecular complexity index is 784. The Morgan fingerprint density at radius 1 is 1.30 bits per heavy atom. The number of nitro benzene ring substituents is 1. The molecule has 0 aliphatic carbocycles. The van der Waals surface area contributed by atoms with E-state index in [0.29, 0.717) is 11.1 Å². The largest absolute Gasteiger partial charge is 0.500 e. The van der Waals surface area contributed by atoms with Gasteiger partial charge < -0.3 is 9.84 Å². The van der Waals surface area contributed by atoms with E-state index in [2.05, 4.69) is 22.6 Å². The highest BCUT2D eigenvalue weighted by Crippen LogP contribution is 2.37. The van der Waals surface area contributed by atoms with Gasteiger partial charge in [0.2, 0.25) is 5.75 Å². The Labute approximate surface area is 145 Å². The van der Waals surface area contributed by atoms with Crippen LogP contribution in [0.4, 0.5) is 5.69 Å². The quantitative estimate of drug-likeness (QED) is 0.259. The zero-order chi connectivity index (χ0) is 17.0. The maximum absolute atomic E-state index is 12.1. The van der Waals surface area contributed by atoms with Crippen LogP contribution in [0.2, 0.25) is 0 Å². The number of nitro groups is 1. The number of carbonyl (C=O) groups excluding carboxylic acids is 1. The summed E-state index contributed by atoms with van der Waals surface area (Å²) in [5.41, 5.74) is 0.415. The fourth-order valence-electron chi connectivity index (χ4n) is 1.89. The first kappa shape index (κ1) is 16.9. The number of carbonyl (C=O) groups is 1. The third kappa shape index (κ3) is 4.07. The van der Waals surface area contributed by atoms with Crippen molar-refractivity contribution in [3.8, 4) is 11.5 Å². The molecule has 0 aliphatic heterocycles. The predicted octanol–water partition coefficient (Wildman–Crippen LogP) is 3.81. The zero-order valence-electron chi connectivity index (χ0n) is 12.0. The van der Waals surface area contributed by atoms with Crippen molar-refractivity contribution >= 4 is 40.1 Å². The third-order valence-electron chi connectivity index (χ3n) is 3.05. The van der Waals surface area contributed by atoms with Crippen molar-refractivity contribution in [1.82, 2.24) is 0 Å². The highest BCUT2D eigenvalue weighted by molar-refractivity contribution is 14.1. The average Bonchev–Trinajstić information content (AvgIpc) is 2.53. The summed E-state index contributed by atoms with van der Waals surface area (Å²) in [6.07, 6.45) is 2.76. The molecule has 0 fully saturated rings. The first-order valence-electron chi connectivity index (χ1n) is 6.45. The molecule has 2 aromatic carbocycles. The fourth-order valence-corrected chi connectivity index (χ4v) is 2.25. The summed E-state index contributed by atoms with van der Waals surface area (Å²) in [4.78, 5) is 22.3. The molecule has 2 aromatic rings. The van der Waals surface area contributed by atoms with Crippen molar-refractivity contribution in [2.24, 2.45) is 0 Å². The summed E-state index contributed by atoms with van der Waals surface area (Å²) in [5, 5.41) is 20.6. The Morgan fingerprint density at radius 2 is 1.96 bits per heavy atom. The fraction of sp³-hybridized carbons (Fsp3) is 0.0625. The van der Waals surface area contributed by atoms with Crippen LogP contribution in [0, 0.1) is 13.7 Å². The Kier molecular flexibility index (Phi) is 5.32. The van der Waals surface area contributed by atoms with Gasteiger partial charge in [-0.15, -0.1) is 0 Å². The molecule has 23 heavy (non-hydrogen) atoms. The molecule has 0 heterocycles. The van der Waals surface area contributed by atoms with Crippen LogP contribution in [-0.4, -0.2) is 22.9 Å². The van der Waals surface area contributed by atoms with Gasteiger partial charge in [0.05, 0.1) is 12.0 Å². The van der Waals surface area contributed by atoms with E-state index < -0.39 is 16.4 Å². The second-order valence-corrected chi connectivity index (χ2v) is 5.80. The summed E-state index contributed by atoms with van der Waals surface area (Å²) in [6, 6.07) is 9.63. The van der Waals surface area contributed by atoms with Crippen molar-refractivity contribution < 1.29 is 19.6 Å². The van der Waals surface area contributed by atoms with Gasteiger partial charge in [-0.05, 0) is 52.4 Å². The van der Waals surface area contributed by atoms with Crippen molar-refractivity contribution in [2.75, 3.05) is 7.11 Å². The van der Waals surface area contributed by atoms with Crippen LogP contribution in [-0.2, 0) is 0 Å². The maximum atomic E-state index is 12.1. The number of allylic oxidation sites excluding steroid dienone is 1. The SMILES string of the molecule is COc1cc(/C=C/C(=O)c2ccc(I)cc2)cc([N+](=O)[O-])c1O. The standard InChI is InChI=1S/C16H12INO5/c1-23-15-9-10(8-13(16(15)20)18(21)22)2-7-14(19)11-3-5-12(17)6-4-11/h2-9,20H,1H3/b7-2+. The van der Waals surface area contributed by atoms with E-state index in [9.17, 15) is 20.0 Å². The average molecular weight is 425 g/mol. The van der Waals surface area contributed by atoms with E-state index in [0.717, 1.165) is 3.57 Å². The Morgan fingerprint density at radius 3 is 2.52 bits per heavy atom. The number of phenols is 1. The van der Waals surface area contributed by atoms with Crippen LogP contribution < -0.4 is 4.74 Å². The highest BCUT2D eigenvalue weighted by atomic mass is 127. The van der Waals surface area contributed by atoms with Gasteiger partial charge in [0.1, 0.15) is 0 Å². The number of benzene rings is 2. The second kappa shape index (κ2) is 7.23. The monoisotopic (exact) mass is 425 g/mol. The molecule has 0 atom stereocenters.